The third-order valence-corrected chi connectivity index (χ3v) is 7.32. The van der Waals surface area contributed by atoms with E-state index in [4.69, 9.17) is 4.74 Å². The van der Waals surface area contributed by atoms with Gasteiger partial charge in [0.2, 0.25) is 15.8 Å². The Morgan fingerprint density at radius 2 is 1.80 bits per heavy atom. The van der Waals surface area contributed by atoms with E-state index in [1.807, 2.05) is 19.9 Å². The second-order valence-corrected chi connectivity index (χ2v) is 9.51. The normalized spacial score (nSPS) is 14.8. The van der Waals surface area contributed by atoms with Gasteiger partial charge in [0.1, 0.15) is 0 Å². The van der Waals surface area contributed by atoms with E-state index in [9.17, 15) is 18.0 Å². The Kier molecular flexibility index (Phi) is 6.77. The van der Waals surface area contributed by atoms with Crippen LogP contribution in [0.1, 0.15) is 58.3 Å². The highest BCUT2D eigenvalue weighted by molar-refractivity contribution is 7.89. The zero-order valence-electron chi connectivity index (χ0n) is 17.7. The molecule has 1 aromatic heterocycles. The molecular weight excluding hydrogens is 404 g/mol. The number of hydrogen-bond acceptors (Lipinski definition) is 5. The number of Topliss-reactive ketones (excluding diaryl/α,β-unsaturated/α-hetero) is 1. The largest absolute Gasteiger partial charge is 0.454 e. The molecule has 8 heteroatoms. The highest BCUT2D eigenvalue weighted by Gasteiger charge is 2.28. The van der Waals surface area contributed by atoms with E-state index in [1.165, 1.54) is 28.6 Å². The summed E-state index contributed by atoms with van der Waals surface area (Å²) in [5.74, 6) is -0.996. The first kappa shape index (κ1) is 22.2. The van der Waals surface area contributed by atoms with E-state index in [-0.39, 0.29) is 16.2 Å². The number of hydrogen-bond donors (Lipinski definition) is 0. The van der Waals surface area contributed by atoms with E-state index in [0.717, 1.165) is 37.2 Å². The molecule has 0 amide bonds. The van der Waals surface area contributed by atoms with Crippen molar-refractivity contribution in [2.75, 3.05) is 19.7 Å². The van der Waals surface area contributed by atoms with Crippen LogP contribution in [0.25, 0.3) is 0 Å². The number of aromatic nitrogens is 1. The number of carbonyl (C=O) groups is 2. The van der Waals surface area contributed by atoms with Crippen molar-refractivity contribution in [2.24, 2.45) is 0 Å². The Morgan fingerprint density at radius 1 is 1.10 bits per heavy atom. The number of sulfonamides is 1. The van der Waals surface area contributed by atoms with Crippen LogP contribution in [-0.4, -0.2) is 48.7 Å². The average Bonchev–Trinajstić information content (AvgIpc) is 3.37. The first-order valence-corrected chi connectivity index (χ1v) is 11.7. The minimum atomic E-state index is -3.63. The summed E-state index contributed by atoms with van der Waals surface area (Å²) >= 11 is 0. The lowest BCUT2D eigenvalue weighted by molar-refractivity contribution is 0.0474. The monoisotopic (exact) mass is 432 g/mol. The van der Waals surface area contributed by atoms with Gasteiger partial charge in [-0.3, -0.25) is 4.79 Å². The highest BCUT2D eigenvalue weighted by atomic mass is 32.2. The third-order valence-electron chi connectivity index (χ3n) is 5.43. The standard InChI is InChI=1S/C22H28N2O5S/c1-4-10-24-16(2)13-20(17(24)3)21(25)15-29-22(26)18-8-7-9-19(14-18)30(27,28)23-11-5-6-12-23/h7-9,13-14H,4-6,10-12,15H2,1-3H3. The molecule has 0 N–H and O–H groups in total. The molecule has 3 rings (SSSR count). The van der Waals surface area contributed by atoms with Crippen LogP contribution in [0.15, 0.2) is 35.2 Å². The Bertz CT molecular complexity index is 1050. The van der Waals surface area contributed by atoms with Gasteiger partial charge in [0.25, 0.3) is 0 Å². The topological polar surface area (TPSA) is 85.7 Å². The summed E-state index contributed by atoms with van der Waals surface area (Å²) in [6.07, 6.45) is 2.62. The van der Waals surface area contributed by atoms with E-state index in [0.29, 0.717) is 18.7 Å². The second-order valence-electron chi connectivity index (χ2n) is 7.57. The Balaban J connectivity index is 1.70. The number of esters is 1. The number of aryl methyl sites for hydroxylation is 1. The lowest BCUT2D eigenvalue weighted by Crippen LogP contribution is -2.28. The van der Waals surface area contributed by atoms with Gasteiger partial charge in [-0.2, -0.15) is 4.31 Å². The van der Waals surface area contributed by atoms with Crippen LogP contribution >= 0.6 is 0 Å². The molecule has 1 fully saturated rings. The van der Waals surface area contributed by atoms with Crippen LogP contribution < -0.4 is 0 Å². The van der Waals surface area contributed by atoms with Gasteiger partial charge in [-0.05, 0) is 57.4 Å². The van der Waals surface area contributed by atoms with Gasteiger partial charge in [0.05, 0.1) is 10.5 Å². The first-order chi connectivity index (χ1) is 14.3. The van der Waals surface area contributed by atoms with Crippen molar-refractivity contribution in [1.29, 1.82) is 0 Å². The maximum atomic E-state index is 12.7. The van der Waals surface area contributed by atoms with Crippen molar-refractivity contribution in [2.45, 2.75) is 51.5 Å². The lowest BCUT2D eigenvalue weighted by Gasteiger charge is -2.15. The van der Waals surface area contributed by atoms with E-state index in [1.54, 1.807) is 0 Å². The molecule has 30 heavy (non-hydrogen) atoms. The number of ether oxygens (including phenoxy) is 1. The van der Waals surface area contributed by atoms with Crippen LogP contribution in [0, 0.1) is 13.8 Å². The fourth-order valence-corrected chi connectivity index (χ4v) is 5.37. The van der Waals surface area contributed by atoms with Crippen molar-refractivity contribution in [3.8, 4) is 0 Å². The molecule has 2 heterocycles. The maximum absolute atomic E-state index is 12.7. The summed E-state index contributed by atoms with van der Waals surface area (Å²) in [7, 11) is -3.63. The Morgan fingerprint density at radius 3 is 2.47 bits per heavy atom. The lowest BCUT2D eigenvalue weighted by atomic mass is 10.1. The predicted molar refractivity (Wildman–Crippen MR) is 113 cm³/mol. The molecule has 162 valence electrons. The molecule has 1 aromatic carbocycles. The molecule has 0 saturated carbocycles. The highest BCUT2D eigenvalue weighted by Crippen LogP contribution is 2.22. The maximum Gasteiger partial charge on any atom is 0.338 e. The summed E-state index contributed by atoms with van der Waals surface area (Å²) in [4.78, 5) is 25.1. The fraction of sp³-hybridized carbons (Fsp3) is 0.455. The molecule has 1 saturated heterocycles. The zero-order valence-corrected chi connectivity index (χ0v) is 18.5. The minimum absolute atomic E-state index is 0.0632. The van der Waals surface area contributed by atoms with Crippen LogP contribution in [0.3, 0.4) is 0 Å². The molecule has 2 aromatic rings. The molecular formula is C22H28N2O5S. The molecule has 0 spiro atoms. The molecule has 0 atom stereocenters. The molecule has 0 unspecified atom stereocenters. The summed E-state index contributed by atoms with van der Waals surface area (Å²) in [6, 6.07) is 7.60. The Labute approximate surface area is 177 Å². The van der Waals surface area contributed by atoms with Gasteiger partial charge in [0, 0.05) is 36.6 Å². The molecule has 7 nitrogen and oxygen atoms in total. The quantitative estimate of drug-likeness (QED) is 0.472. The number of nitrogens with zero attached hydrogens (tertiary/aromatic N) is 2. The van der Waals surface area contributed by atoms with Crippen LogP contribution in [0.2, 0.25) is 0 Å². The van der Waals surface area contributed by atoms with E-state index in [2.05, 4.69) is 11.5 Å². The zero-order chi connectivity index (χ0) is 21.9. The SMILES string of the molecule is CCCn1c(C)cc(C(=O)COC(=O)c2cccc(S(=O)(=O)N3CCCC3)c2)c1C. The number of ketones is 1. The fourth-order valence-electron chi connectivity index (χ4n) is 3.80. The molecule has 0 aliphatic carbocycles. The van der Waals surface area contributed by atoms with Gasteiger partial charge in [-0.15, -0.1) is 0 Å². The number of carbonyl (C=O) groups excluding carboxylic acids is 2. The van der Waals surface area contributed by atoms with Crippen molar-refractivity contribution in [3.05, 3.63) is 52.8 Å². The number of rotatable bonds is 8. The van der Waals surface area contributed by atoms with Gasteiger partial charge in [0.15, 0.2) is 6.61 Å². The van der Waals surface area contributed by atoms with Gasteiger partial charge in [-0.25, -0.2) is 13.2 Å². The van der Waals surface area contributed by atoms with Crippen molar-refractivity contribution in [3.63, 3.8) is 0 Å². The second kappa shape index (κ2) is 9.14. The summed E-state index contributed by atoms with van der Waals surface area (Å²) in [6.45, 7) is 7.30. The minimum Gasteiger partial charge on any atom is -0.454 e. The first-order valence-electron chi connectivity index (χ1n) is 10.2. The molecule has 1 aliphatic rings. The summed E-state index contributed by atoms with van der Waals surface area (Å²) in [5.41, 5.74) is 2.50. The summed E-state index contributed by atoms with van der Waals surface area (Å²) < 4.78 is 34.1. The molecule has 0 radical (unpaired) electrons. The number of benzene rings is 1. The van der Waals surface area contributed by atoms with E-state index < -0.39 is 22.6 Å². The van der Waals surface area contributed by atoms with Gasteiger partial charge < -0.3 is 9.30 Å². The van der Waals surface area contributed by atoms with Crippen LogP contribution in [0.5, 0.6) is 0 Å². The molecule has 0 bridgehead atoms. The van der Waals surface area contributed by atoms with E-state index >= 15 is 0 Å². The molecule has 1 aliphatic heterocycles. The predicted octanol–water partition coefficient (Wildman–Crippen LogP) is 3.34. The summed E-state index contributed by atoms with van der Waals surface area (Å²) in [5, 5.41) is 0. The smallest absolute Gasteiger partial charge is 0.338 e. The van der Waals surface area contributed by atoms with Gasteiger partial charge in [-0.1, -0.05) is 13.0 Å². The van der Waals surface area contributed by atoms with Crippen LogP contribution in [-0.2, 0) is 21.3 Å². The van der Waals surface area contributed by atoms with Gasteiger partial charge >= 0.3 is 5.97 Å². The third kappa shape index (κ3) is 4.49. The van der Waals surface area contributed by atoms with Crippen molar-refractivity contribution in [1.82, 2.24) is 8.87 Å². The van der Waals surface area contributed by atoms with Crippen molar-refractivity contribution >= 4 is 21.8 Å². The van der Waals surface area contributed by atoms with Crippen LogP contribution in [0.4, 0.5) is 0 Å². The average molecular weight is 433 g/mol. The van der Waals surface area contributed by atoms with Crippen molar-refractivity contribution < 1.29 is 22.7 Å². The Hall–Kier alpha value is -2.45.